The van der Waals surface area contributed by atoms with Crippen molar-refractivity contribution < 1.29 is 14.3 Å². The highest BCUT2D eigenvalue weighted by Crippen LogP contribution is 2.03. The number of nitrogens with zero attached hydrogens (tertiary/aromatic N) is 2. The maximum Gasteiger partial charge on any atom is 0.289 e. The number of aromatic nitrogens is 3. The van der Waals surface area contributed by atoms with Gasteiger partial charge in [-0.05, 0) is 0 Å². The van der Waals surface area contributed by atoms with Gasteiger partial charge in [0, 0.05) is 13.0 Å². The van der Waals surface area contributed by atoms with E-state index in [1.165, 1.54) is 12.6 Å². The molecule has 7 nitrogen and oxygen atoms in total. The summed E-state index contributed by atoms with van der Waals surface area (Å²) in [5.41, 5.74) is 0. The number of aromatic amines is 1. The Labute approximate surface area is 91.8 Å². The molecule has 2 N–H and O–H groups in total. The molecule has 1 amide bonds. The second kappa shape index (κ2) is 5.15. The van der Waals surface area contributed by atoms with Crippen LogP contribution in [0.25, 0.3) is 0 Å². The average Bonchev–Trinajstić information content (AvgIpc) is 2.83. The van der Waals surface area contributed by atoms with Crippen LogP contribution in [0, 0.1) is 0 Å². The Bertz CT molecular complexity index is 374. The van der Waals surface area contributed by atoms with E-state index >= 15 is 0 Å². The molecule has 0 radical (unpaired) electrons. The van der Waals surface area contributed by atoms with Crippen molar-refractivity contribution in [2.45, 2.75) is 6.42 Å². The number of hydrogen-bond acceptors (Lipinski definition) is 5. The van der Waals surface area contributed by atoms with Gasteiger partial charge < -0.3 is 14.8 Å². The predicted octanol–water partition coefficient (Wildman–Crippen LogP) is -0.648. The molecule has 0 saturated carbocycles. The predicted molar refractivity (Wildman–Crippen MR) is 53.1 cm³/mol. The fraction of sp³-hybridized carbons (Fsp3) is 0.444. The minimum atomic E-state index is -0.279. The van der Waals surface area contributed by atoms with Crippen LogP contribution in [0.15, 0.2) is 18.3 Å². The molecule has 0 atom stereocenters. The van der Waals surface area contributed by atoms with Gasteiger partial charge in [-0.15, -0.1) is 0 Å². The van der Waals surface area contributed by atoms with Gasteiger partial charge in [-0.25, -0.2) is 4.98 Å². The maximum absolute atomic E-state index is 11.5. The van der Waals surface area contributed by atoms with Gasteiger partial charge in [0.25, 0.3) is 5.91 Å². The van der Waals surface area contributed by atoms with E-state index in [0.29, 0.717) is 26.2 Å². The summed E-state index contributed by atoms with van der Waals surface area (Å²) in [5.74, 6) is 0.665. The second-order valence-electron chi connectivity index (χ2n) is 3.14. The zero-order valence-corrected chi connectivity index (χ0v) is 8.60. The van der Waals surface area contributed by atoms with E-state index in [-0.39, 0.29) is 11.7 Å². The van der Waals surface area contributed by atoms with E-state index in [1.54, 1.807) is 0 Å². The Morgan fingerprint density at radius 1 is 1.56 bits per heavy atom. The molecule has 7 heteroatoms. The summed E-state index contributed by atoms with van der Waals surface area (Å²) in [6.45, 7) is 1.35. The van der Waals surface area contributed by atoms with Gasteiger partial charge in [0.05, 0.1) is 0 Å². The average molecular weight is 224 g/mol. The molecule has 0 unspecified atom stereocenters. The van der Waals surface area contributed by atoms with Crippen LogP contribution in [0.1, 0.15) is 5.82 Å². The minimum Gasteiger partial charge on any atom is -0.494 e. The summed E-state index contributed by atoms with van der Waals surface area (Å²) in [5, 5.41) is 9.10. The van der Waals surface area contributed by atoms with Crippen molar-refractivity contribution in [3.63, 3.8) is 0 Å². The van der Waals surface area contributed by atoms with Crippen molar-refractivity contribution in [2.24, 2.45) is 0 Å². The van der Waals surface area contributed by atoms with E-state index in [9.17, 15) is 4.79 Å². The Balaban J connectivity index is 1.73. The molecule has 0 saturated heterocycles. The van der Waals surface area contributed by atoms with Crippen molar-refractivity contribution in [3.8, 4) is 0 Å². The molecule has 86 valence electrons. The highest BCUT2D eigenvalue weighted by atomic mass is 16.6. The van der Waals surface area contributed by atoms with Gasteiger partial charge in [-0.2, -0.15) is 5.10 Å². The lowest BCUT2D eigenvalue weighted by Gasteiger charge is -2.14. The van der Waals surface area contributed by atoms with Crippen LogP contribution in [-0.4, -0.2) is 40.8 Å². The summed E-state index contributed by atoms with van der Waals surface area (Å²) >= 11 is 0. The molecule has 2 rings (SSSR count). The van der Waals surface area contributed by atoms with Crippen molar-refractivity contribution in [1.82, 2.24) is 20.5 Å². The number of ether oxygens (including phenoxy) is 2. The highest BCUT2D eigenvalue weighted by molar-refractivity contribution is 5.91. The van der Waals surface area contributed by atoms with Crippen molar-refractivity contribution in [3.05, 3.63) is 24.2 Å². The number of amides is 1. The monoisotopic (exact) mass is 224 g/mol. The Kier molecular flexibility index (Phi) is 3.37. The zero-order valence-electron chi connectivity index (χ0n) is 8.60. The fourth-order valence-electron chi connectivity index (χ4n) is 1.22. The number of carbonyl (C=O) groups is 1. The van der Waals surface area contributed by atoms with Gasteiger partial charge in [-0.1, -0.05) is 0 Å². The van der Waals surface area contributed by atoms with Crippen LogP contribution >= 0.6 is 0 Å². The van der Waals surface area contributed by atoms with E-state index in [1.807, 2.05) is 0 Å². The first kappa shape index (κ1) is 10.5. The molecule has 0 aromatic carbocycles. The molecule has 0 spiro atoms. The summed E-state index contributed by atoms with van der Waals surface area (Å²) in [7, 11) is 0. The number of carbonyl (C=O) groups excluding carboxylic acids is 1. The first-order valence-corrected chi connectivity index (χ1v) is 4.93. The molecule has 1 aliphatic heterocycles. The Hall–Kier alpha value is -2.05. The molecule has 2 heterocycles. The van der Waals surface area contributed by atoms with Gasteiger partial charge in [0.15, 0.2) is 0 Å². The quantitative estimate of drug-likeness (QED) is 0.709. The third-order valence-corrected chi connectivity index (χ3v) is 1.99. The minimum absolute atomic E-state index is 0.212. The molecule has 1 aromatic rings. The standard InChI is InChI=1S/C9H12N4O3/c14-9(7-5-15-3-4-16-7)10-2-1-8-11-6-12-13-8/h5-6H,1-4H2,(H,10,14)(H,11,12,13). The van der Waals surface area contributed by atoms with E-state index in [0.717, 1.165) is 5.82 Å². The first-order valence-electron chi connectivity index (χ1n) is 4.93. The third kappa shape index (κ3) is 2.72. The number of hydrogen-bond donors (Lipinski definition) is 2. The van der Waals surface area contributed by atoms with E-state index < -0.39 is 0 Å². The highest BCUT2D eigenvalue weighted by Gasteiger charge is 2.14. The van der Waals surface area contributed by atoms with Gasteiger partial charge >= 0.3 is 0 Å². The SMILES string of the molecule is O=C(NCCc1ncn[nH]1)C1=COCCO1. The zero-order chi connectivity index (χ0) is 11.2. The first-order chi connectivity index (χ1) is 7.86. The molecule has 1 aliphatic rings. The van der Waals surface area contributed by atoms with Crippen LogP contribution in [-0.2, 0) is 20.7 Å². The van der Waals surface area contributed by atoms with Gasteiger partial charge in [0.2, 0.25) is 5.76 Å². The van der Waals surface area contributed by atoms with Crippen molar-refractivity contribution >= 4 is 5.91 Å². The number of rotatable bonds is 4. The normalized spacial score (nSPS) is 14.6. The third-order valence-electron chi connectivity index (χ3n) is 1.99. The van der Waals surface area contributed by atoms with Crippen LogP contribution in [0.5, 0.6) is 0 Å². The maximum atomic E-state index is 11.5. The number of H-pyrrole nitrogens is 1. The lowest BCUT2D eigenvalue weighted by molar-refractivity contribution is -0.122. The van der Waals surface area contributed by atoms with Crippen LogP contribution < -0.4 is 5.32 Å². The summed E-state index contributed by atoms with van der Waals surface area (Å²) in [6.07, 6.45) is 3.35. The molecule has 16 heavy (non-hydrogen) atoms. The fourth-order valence-corrected chi connectivity index (χ4v) is 1.22. The van der Waals surface area contributed by atoms with E-state index in [2.05, 4.69) is 20.5 Å². The van der Waals surface area contributed by atoms with Crippen LogP contribution in [0.3, 0.4) is 0 Å². The molecule has 0 aliphatic carbocycles. The van der Waals surface area contributed by atoms with Crippen molar-refractivity contribution in [2.75, 3.05) is 19.8 Å². The van der Waals surface area contributed by atoms with Crippen LogP contribution in [0.2, 0.25) is 0 Å². The summed E-state index contributed by atoms with van der Waals surface area (Å²) in [6, 6.07) is 0. The molecule has 0 bridgehead atoms. The summed E-state index contributed by atoms with van der Waals surface area (Å²) in [4.78, 5) is 15.4. The lowest BCUT2D eigenvalue weighted by atomic mass is 10.4. The number of nitrogens with one attached hydrogen (secondary N) is 2. The topological polar surface area (TPSA) is 89.1 Å². The lowest BCUT2D eigenvalue weighted by Crippen LogP contribution is -2.30. The van der Waals surface area contributed by atoms with E-state index in [4.69, 9.17) is 9.47 Å². The Morgan fingerprint density at radius 2 is 2.50 bits per heavy atom. The largest absolute Gasteiger partial charge is 0.494 e. The molecule has 0 fully saturated rings. The molecular formula is C9H12N4O3. The van der Waals surface area contributed by atoms with Crippen LogP contribution in [0.4, 0.5) is 0 Å². The molecule has 1 aromatic heterocycles. The Morgan fingerprint density at radius 3 is 3.19 bits per heavy atom. The van der Waals surface area contributed by atoms with Crippen molar-refractivity contribution in [1.29, 1.82) is 0 Å². The van der Waals surface area contributed by atoms with Gasteiger partial charge in [-0.3, -0.25) is 9.89 Å². The smallest absolute Gasteiger partial charge is 0.289 e. The van der Waals surface area contributed by atoms with Gasteiger partial charge in [0.1, 0.15) is 31.6 Å². The molecular weight excluding hydrogens is 212 g/mol. The second-order valence-corrected chi connectivity index (χ2v) is 3.14. The summed E-state index contributed by atoms with van der Waals surface area (Å²) < 4.78 is 10.1.